The monoisotopic (exact) mass is 256 g/mol. The summed E-state index contributed by atoms with van der Waals surface area (Å²) in [6.07, 6.45) is 1.12. The standard InChI is InChI=1S/C13H18ClFN2/c1-9(2)17-6-5-11(8-17)16-10-3-4-13(15)12(14)7-10/h3-4,7,9,11,16H,5-6,8H2,1-2H3. The van der Waals surface area contributed by atoms with E-state index in [2.05, 4.69) is 24.1 Å². The fourth-order valence-electron chi connectivity index (χ4n) is 2.20. The number of benzene rings is 1. The molecule has 0 aromatic heterocycles. The molecule has 1 aliphatic heterocycles. The lowest BCUT2D eigenvalue weighted by atomic mass is 10.2. The molecule has 17 heavy (non-hydrogen) atoms. The molecule has 0 radical (unpaired) electrons. The number of nitrogens with one attached hydrogen (secondary N) is 1. The average Bonchev–Trinajstić information content (AvgIpc) is 2.72. The van der Waals surface area contributed by atoms with E-state index in [1.54, 1.807) is 12.1 Å². The van der Waals surface area contributed by atoms with Gasteiger partial charge in [0.15, 0.2) is 0 Å². The van der Waals surface area contributed by atoms with E-state index in [-0.39, 0.29) is 10.8 Å². The highest BCUT2D eigenvalue weighted by Crippen LogP contribution is 2.22. The molecule has 0 amide bonds. The van der Waals surface area contributed by atoms with Crippen molar-refractivity contribution in [3.05, 3.63) is 29.0 Å². The molecule has 1 atom stereocenters. The van der Waals surface area contributed by atoms with Crippen LogP contribution in [-0.2, 0) is 0 Å². The van der Waals surface area contributed by atoms with Crippen molar-refractivity contribution in [2.24, 2.45) is 0 Å². The number of hydrogen-bond acceptors (Lipinski definition) is 2. The molecule has 2 rings (SSSR count). The number of rotatable bonds is 3. The van der Waals surface area contributed by atoms with Crippen LogP contribution < -0.4 is 5.32 Å². The van der Waals surface area contributed by atoms with Crippen LogP contribution in [0.3, 0.4) is 0 Å². The maximum Gasteiger partial charge on any atom is 0.141 e. The summed E-state index contributed by atoms with van der Waals surface area (Å²) in [6, 6.07) is 5.80. The van der Waals surface area contributed by atoms with Gasteiger partial charge in [0.25, 0.3) is 0 Å². The molecule has 1 aromatic rings. The third-order valence-electron chi connectivity index (χ3n) is 3.24. The summed E-state index contributed by atoms with van der Waals surface area (Å²) < 4.78 is 13.0. The molecule has 0 aliphatic carbocycles. The number of anilines is 1. The number of likely N-dealkylation sites (tertiary alicyclic amines) is 1. The second-order valence-electron chi connectivity index (χ2n) is 4.85. The van der Waals surface area contributed by atoms with E-state index in [4.69, 9.17) is 11.6 Å². The molecule has 1 N–H and O–H groups in total. The summed E-state index contributed by atoms with van der Waals surface area (Å²) >= 11 is 5.75. The first-order valence-electron chi connectivity index (χ1n) is 6.02. The second-order valence-corrected chi connectivity index (χ2v) is 5.25. The maximum atomic E-state index is 13.0. The Morgan fingerprint density at radius 2 is 2.24 bits per heavy atom. The Hall–Kier alpha value is -0.800. The van der Waals surface area contributed by atoms with E-state index < -0.39 is 0 Å². The molecule has 0 saturated carbocycles. The van der Waals surface area contributed by atoms with Crippen molar-refractivity contribution in [1.82, 2.24) is 4.90 Å². The van der Waals surface area contributed by atoms with Crippen LogP contribution in [0.4, 0.5) is 10.1 Å². The van der Waals surface area contributed by atoms with Gasteiger partial charge in [-0.2, -0.15) is 0 Å². The van der Waals surface area contributed by atoms with Crippen LogP contribution in [0.25, 0.3) is 0 Å². The van der Waals surface area contributed by atoms with E-state index in [0.717, 1.165) is 25.2 Å². The van der Waals surface area contributed by atoms with Gasteiger partial charge in [-0.05, 0) is 38.5 Å². The van der Waals surface area contributed by atoms with Crippen molar-refractivity contribution >= 4 is 17.3 Å². The van der Waals surface area contributed by atoms with E-state index in [0.29, 0.717) is 12.1 Å². The summed E-state index contributed by atoms with van der Waals surface area (Å²) in [5.74, 6) is -0.368. The lowest BCUT2D eigenvalue weighted by Crippen LogP contribution is -2.31. The summed E-state index contributed by atoms with van der Waals surface area (Å²) in [6.45, 7) is 6.56. The first-order valence-corrected chi connectivity index (χ1v) is 6.39. The van der Waals surface area contributed by atoms with Gasteiger partial charge in [-0.25, -0.2) is 4.39 Å². The minimum atomic E-state index is -0.368. The van der Waals surface area contributed by atoms with E-state index in [1.165, 1.54) is 6.07 Å². The van der Waals surface area contributed by atoms with Gasteiger partial charge < -0.3 is 5.32 Å². The number of hydrogen-bond donors (Lipinski definition) is 1. The molecule has 4 heteroatoms. The quantitative estimate of drug-likeness (QED) is 0.892. The Kier molecular flexibility index (Phi) is 3.89. The van der Waals surface area contributed by atoms with Crippen LogP contribution in [0.2, 0.25) is 5.02 Å². The Morgan fingerprint density at radius 1 is 1.47 bits per heavy atom. The smallest absolute Gasteiger partial charge is 0.141 e. The van der Waals surface area contributed by atoms with Crippen LogP contribution in [0, 0.1) is 5.82 Å². The first-order chi connectivity index (χ1) is 8.06. The zero-order chi connectivity index (χ0) is 12.4. The molecular weight excluding hydrogens is 239 g/mol. The van der Waals surface area contributed by atoms with Crippen molar-refractivity contribution in [3.8, 4) is 0 Å². The summed E-state index contributed by atoms with van der Waals surface area (Å²) in [5, 5.41) is 3.58. The van der Waals surface area contributed by atoms with Gasteiger partial charge in [-0.15, -0.1) is 0 Å². The fraction of sp³-hybridized carbons (Fsp3) is 0.538. The highest BCUT2D eigenvalue weighted by Gasteiger charge is 2.23. The molecule has 1 fully saturated rings. The van der Waals surface area contributed by atoms with Gasteiger partial charge >= 0.3 is 0 Å². The Morgan fingerprint density at radius 3 is 2.82 bits per heavy atom. The predicted molar refractivity (Wildman–Crippen MR) is 70.1 cm³/mol. The van der Waals surface area contributed by atoms with Crippen LogP contribution in [0.5, 0.6) is 0 Å². The Bertz CT molecular complexity index is 395. The van der Waals surface area contributed by atoms with E-state index >= 15 is 0 Å². The van der Waals surface area contributed by atoms with Gasteiger partial charge in [-0.1, -0.05) is 11.6 Å². The number of nitrogens with zero attached hydrogens (tertiary/aromatic N) is 1. The zero-order valence-corrected chi connectivity index (χ0v) is 11.0. The van der Waals surface area contributed by atoms with Gasteiger partial charge in [0, 0.05) is 30.9 Å². The Balaban J connectivity index is 1.96. The average molecular weight is 257 g/mol. The van der Waals surface area contributed by atoms with Crippen LogP contribution in [-0.4, -0.2) is 30.1 Å². The molecular formula is C13H18ClFN2. The van der Waals surface area contributed by atoms with Gasteiger partial charge in [0.05, 0.1) is 5.02 Å². The maximum absolute atomic E-state index is 13.0. The molecule has 1 saturated heterocycles. The van der Waals surface area contributed by atoms with Gasteiger partial charge in [-0.3, -0.25) is 4.90 Å². The van der Waals surface area contributed by atoms with Crippen molar-refractivity contribution in [1.29, 1.82) is 0 Å². The minimum absolute atomic E-state index is 0.175. The Labute approximate surface area is 107 Å². The van der Waals surface area contributed by atoms with Crippen molar-refractivity contribution in [2.75, 3.05) is 18.4 Å². The van der Waals surface area contributed by atoms with Gasteiger partial charge in [0.2, 0.25) is 0 Å². The largest absolute Gasteiger partial charge is 0.381 e. The fourth-order valence-corrected chi connectivity index (χ4v) is 2.38. The lowest BCUT2D eigenvalue weighted by Gasteiger charge is -2.20. The van der Waals surface area contributed by atoms with E-state index in [1.807, 2.05) is 0 Å². The lowest BCUT2D eigenvalue weighted by molar-refractivity contribution is 0.274. The molecule has 1 aliphatic rings. The van der Waals surface area contributed by atoms with Crippen molar-refractivity contribution < 1.29 is 4.39 Å². The molecule has 1 unspecified atom stereocenters. The molecule has 94 valence electrons. The highest BCUT2D eigenvalue weighted by molar-refractivity contribution is 6.31. The van der Waals surface area contributed by atoms with Crippen LogP contribution in [0.1, 0.15) is 20.3 Å². The predicted octanol–water partition coefficient (Wildman–Crippen LogP) is 3.37. The molecule has 1 heterocycles. The van der Waals surface area contributed by atoms with Crippen molar-refractivity contribution in [2.45, 2.75) is 32.4 Å². The first kappa shape index (κ1) is 12.7. The summed E-state index contributed by atoms with van der Waals surface area (Å²) in [7, 11) is 0. The summed E-state index contributed by atoms with van der Waals surface area (Å²) in [5.41, 5.74) is 0.895. The summed E-state index contributed by atoms with van der Waals surface area (Å²) in [4.78, 5) is 2.43. The zero-order valence-electron chi connectivity index (χ0n) is 10.2. The third kappa shape index (κ3) is 3.11. The SMILES string of the molecule is CC(C)N1CCC(Nc2ccc(F)c(Cl)c2)C1. The van der Waals surface area contributed by atoms with Gasteiger partial charge in [0.1, 0.15) is 5.82 Å². The molecule has 2 nitrogen and oxygen atoms in total. The normalized spacial score (nSPS) is 21.1. The third-order valence-corrected chi connectivity index (χ3v) is 3.53. The van der Waals surface area contributed by atoms with Crippen molar-refractivity contribution in [3.63, 3.8) is 0 Å². The second kappa shape index (κ2) is 5.23. The van der Waals surface area contributed by atoms with Crippen LogP contribution in [0.15, 0.2) is 18.2 Å². The van der Waals surface area contributed by atoms with E-state index in [9.17, 15) is 4.39 Å². The minimum Gasteiger partial charge on any atom is -0.381 e. The molecule has 1 aromatic carbocycles. The number of halogens is 2. The van der Waals surface area contributed by atoms with Crippen LogP contribution >= 0.6 is 11.6 Å². The topological polar surface area (TPSA) is 15.3 Å². The molecule has 0 spiro atoms. The highest BCUT2D eigenvalue weighted by atomic mass is 35.5. The molecule has 0 bridgehead atoms.